The first-order chi connectivity index (χ1) is 12.5. The molecule has 0 radical (unpaired) electrons. The predicted octanol–water partition coefficient (Wildman–Crippen LogP) is 3.44. The molecule has 3 aromatic rings. The Hall–Kier alpha value is -2.19. The van der Waals surface area contributed by atoms with Crippen LogP contribution in [-0.2, 0) is 10.0 Å². The van der Waals surface area contributed by atoms with Crippen molar-refractivity contribution in [2.75, 3.05) is 0 Å². The van der Waals surface area contributed by atoms with Gasteiger partial charge in [0.15, 0.2) is 11.3 Å². The van der Waals surface area contributed by atoms with Crippen molar-refractivity contribution in [1.29, 1.82) is 0 Å². The molecule has 1 aliphatic rings. The summed E-state index contributed by atoms with van der Waals surface area (Å²) in [4.78, 5) is 4.58. The van der Waals surface area contributed by atoms with Crippen molar-refractivity contribution in [3.05, 3.63) is 41.6 Å². The highest BCUT2D eigenvalue weighted by atomic mass is 32.2. The third-order valence-electron chi connectivity index (χ3n) is 5.08. The fourth-order valence-electron chi connectivity index (χ4n) is 3.83. The van der Waals surface area contributed by atoms with Gasteiger partial charge in [-0.15, -0.1) is 0 Å². The van der Waals surface area contributed by atoms with Crippen LogP contribution in [0.15, 0.2) is 38.4 Å². The van der Waals surface area contributed by atoms with Gasteiger partial charge in [0, 0.05) is 17.8 Å². The summed E-state index contributed by atoms with van der Waals surface area (Å²) in [5, 5.41) is 3.74. The van der Waals surface area contributed by atoms with Gasteiger partial charge in [-0.2, -0.15) is 0 Å². The van der Waals surface area contributed by atoms with Gasteiger partial charge in [-0.3, -0.25) is 4.98 Å². The van der Waals surface area contributed by atoms with Crippen LogP contribution in [0.2, 0.25) is 0 Å². The Kier molecular flexibility index (Phi) is 4.32. The average molecular weight is 375 g/mol. The smallest absolute Gasteiger partial charge is 0.246 e. The lowest BCUT2D eigenvalue weighted by atomic mass is 9.82. The summed E-state index contributed by atoms with van der Waals surface area (Å²) in [5.74, 6) is 0.658. The van der Waals surface area contributed by atoms with E-state index in [2.05, 4.69) is 14.9 Å². The largest absolute Gasteiger partial charge is 0.462 e. The number of fused-ring (bicyclic) bond motifs is 1. The second-order valence-electron chi connectivity index (χ2n) is 6.86. The maximum atomic E-state index is 12.7. The molecule has 3 aromatic heterocycles. The highest BCUT2D eigenvalue weighted by molar-refractivity contribution is 7.89. The SMILES string of the molecule is Cc1noc(C)c1S(=O)(=O)NC1CCC(c2coc3cccnc23)CC1. The molecule has 3 heterocycles. The number of rotatable bonds is 4. The molecule has 4 rings (SSSR count). The number of nitrogens with zero attached hydrogens (tertiary/aromatic N) is 2. The standard InChI is InChI=1S/C18H21N3O4S/c1-11-18(12(2)25-20-11)26(22,23)21-14-7-5-13(6-8-14)15-10-24-16-4-3-9-19-17(15)16/h3-4,9-10,13-14,21H,5-8H2,1-2H3. The number of pyridine rings is 1. The van der Waals surface area contributed by atoms with Gasteiger partial charge in [0.25, 0.3) is 0 Å². The molecule has 0 bridgehead atoms. The summed E-state index contributed by atoms with van der Waals surface area (Å²) in [6, 6.07) is 3.68. The lowest BCUT2D eigenvalue weighted by Crippen LogP contribution is -2.37. The zero-order valence-corrected chi connectivity index (χ0v) is 15.5. The fourth-order valence-corrected chi connectivity index (χ4v) is 5.47. The number of hydrogen-bond acceptors (Lipinski definition) is 6. The minimum Gasteiger partial charge on any atom is -0.462 e. The zero-order chi connectivity index (χ0) is 18.3. The number of aromatic nitrogens is 2. The van der Waals surface area contributed by atoms with E-state index in [-0.39, 0.29) is 10.9 Å². The van der Waals surface area contributed by atoms with Crippen molar-refractivity contribution in [2.45, 2.75) is 56.4 Å². The van der Waals surface area contributed by atoms with Crippen molar-refractivity contribution < 1.29 is 17.4 Å². The second kappa shape index (κ2) is 6.51. The summed E-state index contributed by atoms with van der Waals surface area (Å²) < 4.78 is 38.7. The lowest BCUT2D eigenvalue weighted by molar-refractivity contribution is 0.372. The molecule has 0 spiro atoms. The Morgan fingerprint density at radius 2 is 1.96 bits per heavy atom. The van der Waals surface area contributed by atoms with Crippen molar-refractivity contribution in [3.63, 3.8) is 0 Å². The van der Waals surface area contributed by atoms with Crippen molar-refractivity contribution in [1.82, 2.24) is 14.9 Å². The van der Waals surface area contributed by atoms with Gasteiger partial charge in [-0.25, -0.2) is 13.1 Å². The van der Waals surface area contributed by atoms with Crippen LogP contribution in [-0.4, -0.2) is 24.6 Å². The topological polar surface area (TPSA) is 98.2 Å². The van der Waals surface area contributed by atoms with Gasteiger partial charge in [0.2, 0.25) is 10.0 Å². The summed E-state index contributed by atoms with van der Waals surface area (Å²) >= 11 is 0. The molecule has 8 heteroatoms. The number of aryl methyl sites for hydroxylation is 2. The van der Waals surface area contributed by atoms with Crippen LogP contribution in [0.5, 0.6) is 0 Å². The van der Waals surface area contributed by atoms with Crippen LogP contribution in [0.4, 0.5) is 0 Å². The number of nitrogens with one attached hydrogen (secondary N) is 1. The molecule has 0 atom stereocenters. The molecular formula is C18H21N3O4S. The molecule has 0 aliphatic heterocycles. The van der Waals surface area contributed by atoms with Gasteiger partial charge in [-0.05, 0) is 57.6 Å². The minimum absolute atomic E-state index is 0.0870. The van der Waals surface area contributed by atoms with Crippen LogP contribution in [0.25, 0.3) is 11.1 Å². The predicted molar refractivity (Wildman–Crippen MR) is 95.3 cm³/mol. The van der Waals surface area contributed by atoms with E-state index in [1.165, 1.54) is 0 Å². The molecular weight excluding hydrogens is 354 g/mol. The highest BCUT2D eigenvalue weighted by Gasteiger charge is 2.31. The van der Waals surface area contributed by atoms with Gasteiger partial charge < -0.3 is 8.94 Å². The molecule has 1 aliphatic carbocycles. The summed E-state index contributed by atoms with van der Waals surface area (Å²) in [5.41, 5.74) is 3.21. The average Bonchev–Trinajstić information content (AvgIpc) is 3.19. The van der Waals surface area contributed by atoms with Crippen LogP contribution in [0, 0.1) is 13.8 Å². The van der Waals surface area contributed by atoms with Crippen molar-refractivity contribution in [2.24, 2.45) is 0 Å². The molecule has 26 heavy (non-hydrogen) atoms. The first kappa shape index (κ1) is 17.2. The first-order valence-electron chi connectivity index (χ1n) is 8.73. The van der Waals surface area contributed by atoms with Gasteiger partial charge >= 0.3 is 0 Å². The third-order valence-corrected chi connectivity index (χ3v) is 6.85. The van der Waals surface area contributed by atoms with Gasteiger partial charge in [-0.1, -0.05) is 5.16 Å². The molecule has 0 saturated heterocycles. The van der Waals surface area contributed by atoms with E-state index in [0.29, 0.717) is 17.4 Å². The maximum absolute atomic E-state index is 12.7. The Morgan fingerprint density at radius 1 is 1.19 bits per heavy atom. The fraction of sp³-hybridized carbons (Fsp3) is 0.444. The van der Waals surface area contributed by atoms with Crippen molar-refractivity contribution >= 4 is 21.1 Å². The van der Waals surface area contributed by atoms with Crippen LogP contribution in [0.3, 0.4) is 0 Å². The molecule has 1 N–H and O–H groups in total. The molecule has 7 nitrogen and oxygen atoms in total. The Bertz CT molecular complexity index is 1010. The lowest BCUT2D eigenvalue weighted by Gasteiger charge is -2.28. The molecule has 0 unspecified atom stereocenters. The summed E-state index contributed by atoms with van der Waals surface area (Å²) in [6.45, 7) is 3.25. The molecule has 1 fully saturated rings. The van der Waals surface area contributed by atoms with E-state index < -0.39 is 10.0 Å². The van der Waals surface area contributed by atoms with Crippen LogP contribution < -0.4 is 4.72 Å². The monoisotopic (exact) mass is 375 g/mol. The normalized spacial score (nSPS) is 21.3. The number of hydrogen-bond donors (Lipinski definition) is 1. The molecule has 1 saturated carbocycles. The first-order valence-corrected chi connectivity index (χ1v) is 10.2. The summed E-state index contributed by atoms with van der Waals surface area (Å²) in [6.07, 6.45) is 6.88. The summed E-state index contributed by atoms with van der Waals surface area (Å²) in [7, 11) is -3.62. The van der Waals surface area contributed by atoms with E-state index in [4.69, 9.17) is 8.94 Å². The second-order valence-corrected chi connectivity index (χ2v) is 8.52. The molecule has 0 amide bonds. The highest BCUT2D eigenvalue weighted by Crippen LogP contribution is 2.37. The van der Waals surface area contributed by atoms with Crippen LogP contribution in [0.1, 0.15) is 48.6 Å². The zero-order valence-electron chi connectivity index (χ0n) is 14.7. The number of sulfonamides is 1. The van der Waals surface area contributed by atoms with E-state index in [0.717, 1.165) is 42.3 Å². The van der Waals surface area contributed by atoms with Gasteiger partial charge in [0.05, 0.1) is 6.26 Å². The van der Waals surface area contributed by atoms with Crippen LogP contribution >= 0.6 is 0 Å². The number of furan rings is 1. The van der Waals surface area contributed by atoms with Crippen molar-refractivity contribution in [3.8, 4) is 0 Å². The van der Waals surface area contributed by atoms with E-state index >= 15 is 0 Å². The maximum Gasteiger partial charge on any atom is 0.246 e. The Labute approximate surface area is 151 Å². The Balaban J connectivity index is 1.46. The molecule has 0 aromatic carbocycles. The molecule has 138 valence electrons. The third kappa shape index (κ3) is 3.03. The van der Waals surface area contributed by atoms with E-state index in [9.17, 15) is 8.42 Å². The Morgan fingerprint density at radius 3 is 2.65 bits per heavy atom. The van der Waals surface area contributed by atoms with E-state index in [1.807, 2.05) is 12.1 Å². The quantitative estimate of drug-likeness (QED) is 0.750. The van der Waals surface area contributed by atoms with E-state index in [1.54, 1.807) is 26.3 Å². The van der Waals surface area contributed by atoms with Gasteiger partial charge in [0.1, 0.15) is 16.1 Å². The minimum atomic E-state index is -3.62.